The number of thiazole rings is 1. The third kappa shape index (κ3) is 4.03. The number of aliphatic hydroxyl groups excluding tert-OH is 1. The molecule has 4 nitrogen and oxygen atoms in total. The highest BCUT2D eigenvalue weighted by atomic mass is 32.1. The maximum absolute atomic E-state index is 12.3. The molecule has 0 spiro atoms. The predicted molar refractivity (Wildman–Crippen MR) is 81.0 cm³/mol. The van der Waals surface area contributed by atoms with E-state index in [1.54, 1.807) is 6.20 Å². The zero-order chi connectivity index (χ0) is 14.4. The molecule has 112 valence electrons. The summed E-state index contributed by atoms with van der Waals surface area (Å²) in [5, 5.41) is 13.3. The van der Waals surface area contributed by atoms with Crippen LogP contribution < -0.4 is 5.32 Å². The number of hydrogen-bond donors (Lipinski definition) is 2. The summed E-state index contributed by atoms with van der Waals surface area (Å²) >= 11 is 1.46. The van der Waals surface area contributed by atoms with Crippen LogP contribution in [0.2, 0.25) is 0 Å². The van der Waals surface area contributed by atoms with Gasteiger partial charge in [0, 0.05) is 12.6 Å². The van der Waals surface area contributed by atoms with E-state index in [0.717, 1.165) is 24.3 Å². The van der Waals surface area contributed by atoms with Gasteiger partial charge in [-0.25, -0.2) is 4.98 Å². The fourth-order valence-corrected chi connectivity index (χ4v) is 3.68. The van der Waals surface area contributed by atoms with Crippen LogP contribution in [0.1, 0.15) is 60.1 Å². The Balaban J connectivity index is 1.97. The zero-order valence-electron chi connectivity index (χ0n) is 12.1. The number of carbonyl (C=O) groups is 1. The number of nitrogens with zero attached hydrogens (tertiary/aromatic N) is 1. The Hall–Kier alpha value is -0.940. The molecule has 0 aromatic carbocycles. The van der Waals surface area contributed by atoms with Crippen LogP contribution in [0.25, 0.3) is 0 Å². The third-order valence-electron chi connectivity index (χ3n) is 4.06. The highest BCUT2D eigenvalue weighted by Gasteiger charge is 2.25. The molecular formula is C15H24N2O2S. The Bertz CT molecular complexity index is 427. The first kappa shape index (κ1) is 15.4. The normalized spacial score (nSPS) is 17.9. The van der Waals surface area contributed by atoms with Gasteiger partial charge in [-0.05, 0) is 31.6 Å². The van der Waals surface area contributed by atoms with Crippen LogP contribution in [-0.4, -0.2) is 28.6 Å². The van der Waals surface area contributed by atoms with Gasteiger partial charge in [0.15, 0.2) is 0 Å². The summed E-state index contributed by atoms with van der Waals surface area (Å²) in [6.45, 7) is 2.17. The molecule has 2 N–H and O–H groups in total. The molecule has 20 heavy (non-hydrogen) atoms. The first-order valence-corrected chi connectivity index (χ1v) is 8.42. The van der Waals surface area contributed by atoms with Gasteiger partial charge in [0.1, 0.15) is 4.88 Å². The molecule has 1 aromatic rings. The van der Waals surface area contributed by atoms with E-state index >= 15 is 0 Å². The van der Waals surface area contributed by atoms with Gasteiger partial charge >= 0.3 is 0 Å². The summed E-state index contributed by atoms with van der Waals surface area (Å²) in [4.78, 5) is 17.2. The summed E-state index contributed by atoms with van der Waals surface area (Å²) in [5.41, 5.74) is 0. The van der Waals surface area contributed by atoms with Crippen molar-refractivity contribution in [2.45, 2.75) is 57.9 Å². The largest absolute Gasteiger partial charge is 0.396 e. The topological polar surface area (TPSA) is 62.2 Å². The highest BCUT2D eigenvalue weighted by molar-refractivity contribution is 7.13. The van der Waals surface area contributed by atoms with Crippen molar-refractivity contribution in [3.8, 4) is 0 Å². The first-order chi connectivity index (χ1) is 9.74. The van der Waals surface area contributed by atoms with Crippen LogP contribution in [0, 0.1) is 5.92 Å². The fraction of sp³-hybridized carbons (Fsp3) is 0.733. The minimum Gasteiger partial charge on any atom is -0.396 e. The van der Waals surface area contributed by atoms with E-state index in [1.807, 2.05) is 6.92 Å². The van der Waals surface area contributed by atoms with Crippen molar-refractivity contribution in [2.24, 2.45) is 5.92 Å². The van der Waals surface area contributed by atoms with Gasteiger partial charge in [-0.1, -0.05) is 26.2 Å². The van der Waals surface area contributed by atoms with E-state index in [-0.39, 0.29) is 18.6 Å². The Morgan fingerprint density at radius 2 is 2.25 bits per heavy atom. The van der Waals surface area contributed by atoms with Crippen molar-refractivity contribution in [2.75, 3.05) is 6.61 Å². The number of aliphatic hydroxyl groups is 1. The lowest BCUT2D eigenvalue weighted by atomic mass is 9.82. The summed E-state index contributed by atoms with van der Waals surface area (Å²) in [6.07, 6.45) is 9.27. The maximum atomic E-state index is 12.3. The lowest BCUT2D eigenvalue weighted by Crippen LogP contribution is -2.41. The van der Waals surface area contributed by atoms with E-state index in [2.05, 4.69) is 10.3 Å². The van der Waals surface area contributed by atoms with Gasteiger partial charge in [0.25, 0.3) is 5.91 Å². The second-order valence-electron chi connectivity index (χ2n) is 5.46. The monoisotopic (exact) mass is 296 g/mol. The van der Waals surface area contributed by atoms with Crippen LogP contribution in [0.5, 0.6) is 0 Å². The van der Waals surface area contributed by atoms with Crippen molar-refractivity contribution in [1.29, 1.82) is 0 Å². The zero-order valence-corrected chi connectivity index (χ0v) is 12.9. The number of hydrogen-bond acceptors (Lipinski definition) is 4. The summed E-state index contributed by atoms with van der Waals surface area (Å²) in [5.74, 6) is 0.477. The number of rotatable bonds is 6. The number of nitrogens with one attached hydrogen (secondary N) is 1. The third-order valence-corrected chi connectivity index (χ3v) is 5.20. The number of amides is 1. The molecule has 1 amide bonds. The standard InChI is InChI=1S/C15H24N2O2S/c1-2-14-16-10-13(20-14)15(19)17-12(8-9-18)11-6-4-3-5-7-11/h10-12,18H,2-9H2,1H3,(H,17,19). The molecule has 1 aliphatic rings. The predicted octanol–water partition coefficient (Wildman–Crippen LogP) is 2.77. The second kappa shape index (κ2) is 7.74. The van der Waals surface area contributed by atoms with Crippen molar-refractivity contribution in [3.05, 3.63) is 16.1 Å². The van der Waals surface area contributed by atoms with Gasteiger partial charge in [-0.15, -0.1) is 11.3 Å². The van der Waals surface area contributed by atoms with E-state index in [0.29, 0.717) is 17.2 Å². The van der Waals surface area contributed by atoms with Crippen molar-refractivity contribution in [1.82, 2.24) is 10.3 Å². The maximum Gasteiger partial charge on any atom is 0.263 e. The van der Waals surface area contributed by atoms with Crippen LogP contribution in [-0.2, 0) is 6.42 Å². The molecule has 1 fully saturated rings. The van der Waals surface area contributed by atoms with Crippen LogP contribution in [0.15, 0.2) is 6.20 Å². The average molecular weight is 296 g/mol. The number of carbonyl (C=O) groups excluding carboxylic acids is 1. The summed E-state index contributed by atoms with van der Waals surface area (Å²) in [7, 11) is 0. The molecule has 5 heteroatoms. The quantitative estimate of drug-likeness (QED) is 0.848. The van der Waals surface area contributed by atoms with Crippen LogP contribution in [0.3, 0.4) is 0 Å². The fourth-order valence-electron chi connectivity index (χ4n) is 2.92. The lowest BCUT2D eigenvalue weighted by molar-refractivity contribution is 0.0903. The molecular weight excluding hydrogens is 272 g/mol. The van der Waals surface area contributed by atoms with E-state index in [1.165, 1.54) is 30.6 Å². The van der Waals surface area contributed by atoms with Crippen LogP contribution >= 0.6 is 11.3 Å². The van der Waals surface area contributed by atoms with Gasteiger partial charge in [0.05, 0.1) is 11.2 Å². The number of aromatic nitrogens is 1. The average Bonchev–Trinajstić information content (AvgIpc) is 2.97. The van der Waals surface area contributed by atoms with Crippen molar-refractivity contribution in [3.63, 3.8) is 0 Å². The molecule has 1 unspecified atom stereocenters. The molecule has 2 rings (SSSR count). The molecule has 1 aromatic heterocycles. The SMILES string of the molecule is CCc1ncc(C(=O)NC(CCO)C2CCCCC2)s1. The molecule has 1 heterocycles. The smallest absolute Gasteiger partial charge is 0.263 e. The Morgan fingerprint density at radius 3 is 2.85 bits per heavy atom. The minimum absolute atomic E-state index is 0.0359. The van der Waals surface area contributed by atoms with Gasteiger partial charge < -0.3 is 10.4 Å². The molecule has 0 radical (unpaired) electrons. The van der Waals surface area contributed by atoms with Gasteiger partial charge in [-0.2, -0.15) is 0 Å². The lowest BCUT2D eigenvalue weighted by Gasteiger charge is -2.30. The molecule has 1 atom stereocenters. The summed E-state index contributed by atoms with van der Waals surface area (Å²) in [6, 6.07) is 0.0972. The van der Waals surface area contributed by atoms with E-state index in [9.17, 15) is 9.90 Å². The van der Waals surface area contributed by atoms with Gasteiger partial charge in [0.2, 0.25) is 0 Å². The molecule has 0 aliphatic heterocycles. The molecule has 1 aliphatic carbocycles. The molecule has 0 saturated heterocycles. The minimum atomic E-state index is -0.0359. The van der Waals surface area contributed by atoms with Gasteiger partial charge in [-0.3, -0.25) is 4.79 Å². The van der Waals surface area contributed by atoms with Crippen molar-refractivity contribution < 1.29 is 9.90 Å². The molecule has 1 saturated carbocycles. The Kier molecular flexibility index (Phi) is 5.98. The van der Waals surface area contributed by atoms with E-state index < -0.39 is 0 Å². The highest BCUT2D eigenvalue weighted by Crippen LogP contribution is 2.28. The van der Waals surface area contributed by atoms with Crippen LogP contribution in [0.4, 0.5) is 0 Å². The molecule has 0 bridgehead atoms. The first-order valence-electron chi connectivity index (χ1n) is 7.61. The van der Waals surface area contributed by atoms with E-state index in [4.69, 9.17) is 0 Å². The second-order valence-corrected chi connectivity index (χ2v) is 6.58. The number of aryl methyl sites for hydroxylation is 1. The Morgan fingerprint density at radius 1 is 1.50 bits per heavy atom. The van der Waals surface area contributed by atoms with Crippen molar-refractivity contribution >= 4 is 17.2 Å². The summed E-state index contributed by atoms with van der Waals surface area (Å²) < 4.78 is 0. The Labute approximate surface area is 124 Å².